The maximum atomic E-state index is 13.8. The Balaban J connectivity index is 1.46. The molecule has 162 valence electrons. The molecule has 0 aliphatic carbocycles. The van der Waals surface area contributed by atoms with Gasteiger partial charge in [0.2, 0.25) is 5.91 Å². The lowest BCUT2D eigenvalue weighted by Crippen LogP contribution is -2.22. The molecule has 1 amide bonds. The molecule has 0 unspecified atom stereocenters. The Morgan fingerprint density at radius 3 is 2.58 bits per heavy atom. The van der Waals surface area contributed by atoms with E-state index in [1.807, 2.05) is 34.9 Å². The summed E-state index contributed by atoms with van der Waals surface area (Å²) >= 11 is 1.23. The minimum Gasteiger partial charge on any atom is -0.323 e. The number of carbonyl (C=O) groups excluding carboxylic acids is 1. The van der Waals surface area contributed by atoms with Crippen molar-refractivity contribution in [3.05, 3.63) is 71.6 Å². The number of carbonyl (C=O) groups is 1. The molecule has 2 heterocycles. The van der Waals surface area contributed by atoms with Crippen molar-refractivity contribution in [2.24, 2.45) is 0 Å². The van der Waals surface area contributed by atoms with E-state index in [1.165, 1.54) is 24.6 Å². The number of nitrogens with zero attached hydrogens (tertiary/aromatic N) is 4. The molecule has 4 rings (SSSR count). The number of hydrogen-bond donors (Lipinski definition) is 1. The zero-order valence-corrected chi connectivity index (χ0v) is 17.7. The monoisotopic (exact) mass is 443 g/mol. The minimum absolute atomic E-state index is 0.00654. The van der Waals surface area contributed by atoms with E-state index in [1.54, 1.807) is 0 Å². The molecule has 1 saturated heterocycles. The number of aromatic nitrogens is 3. The number of hydrogen-bond acceptors (Lipinski definition) is 5. The van der Waals surface area contributed by atoms with Gasteiger partial charge in [-0.25, -0.2) is 8.78 Å². The van der Waals surface area contributed by atoms with E-state index in [-0.39, 0.29) is 11.4 Å². The summed E-state index contributed by atoms with van der Waals surface area (Å²) in [5, 5.41) is 11.7. The third-order valence-corrected chi connectivity index (χ3v) is 6.04. The molecule has 0 atom stereocenters. The van der Waals surface area contributed by atoms with Gasteiger partial charge in [-0.3, -0.25) is 9.69 Å². The second-order valence-electron chi connectivity index (χ2n) is 7.41. The quantitative estimate of drug-likeness (QED) is 0.535. The summed E-state index contributed by atoms with van der Waals surface area (Å²) in [6.45, 7) is 3.39. The maximum absolute atomic E-state index is 13.8. The molecule has 0 spiro atoms. The van der Waals surface area contributed by atoms with Crippen molar-refractivity contribution in [2.45, 2.75) is 31.1 Å². The summed E-state index contributed by atoms with van der Waals surface area (Å²) in [6, 6.07) is 12.9. The average Bonchev–Trinajstić information content (AvgIpc) is 3.41. The highest BCUT2D eigenvalue weighted by molar-refractivity contribution is 7.99. The first kappa shape index (κ1) is 21.5. The van der Waals surface area contributed by atoms with Gasteiger partial charge in [0.1, 0.15) is 17.5 Å². The predicted octanol–water partition coefficient (Wildman–Crippen LogP) is 3.93. The summed E-state index contributed by atoms with van der Waals surface area (Å²) in [6.07, 6.45) is 2.37. The van der Waals surface area contributed by atoms with Crippen molar-refractivity contribution < 1.29 is 13.6 Å². The highest BCUT2D eigenvalue weighted by atomic mass is 32.2. The number of nitrogens with one attached hydrogen (secondary N) is 1. The number of amides is 1. The Bertz CT molecular complexity index is 1040. The van der Waals surface area contributed by atoms with Crippen LogP contribution in [0.3, 0.4) is 0 Å². The van der Waals surface area contributed by atoms with Crippen LogP contribution in [-0.4, -0.2) is 44.4 Å². The Morgan fingerprint density at radius 2 is 1.81 bits per heavy atom. The summed E-state index contributed by atoms with van der Waals surface area (Å²) < 4.78 is 29.1. The zero-order chi connectivity index (χ0) is 21.6. The van der Waals surface area contributed by atoms with Crippen molar-refractivity contribution >= 4 is 23.4 Å². The van der Waals surface area contributed by atoms with Gasteiger partial charge < -0.3 is 9.88 Å². The third kappa shape index (κ3) is 5.68. The standard InChI is InChI=1S/C22H23F2N5OS/c23-17-8-9-18(24)19(12-17)25-21(30)15-31-22-27-26-20(14-28-10-4-5-11-28)29(22)13-16-6-2-1-3-7-16/h1-3,6-9,12H,4-5,10-11,13-15H2,(H,25,30). The van der Waals surface area contributed by atoms with E-state index in [4.69, 9.17) is 0 Å². The largest absolute Gasteiger partial charge is 0.323 e. The topological polar surface area (TPSA) is 63.1 Å². The van der Waals surface area contributed by atoms with Crippen molar-refractivity contribution in [1.29, 1.82) is 0 Å². The summed E-state index contributed by atoms with van der Waals surface area (Å²) in [4.78, 5) is 14.7. The molecule has 1 aliphatic rings. The van der Waals surface area contributed by atoms with Crippen LogP contribution in [0.4, 0.5) is 14.5 Å². The highest BCUT2D eigenvalue weighted by Gasteiger charge is 2.19. The van der Waals surface area contributed by atoms with Crippen LogP contribution in [0.1, 0.15) is 24.2 Å². The molecule has 0 saturated carbocycles. The third-order valence-electron chi connectivity index (χ3n) is 5.08. The molecule has 0 bridgehead atoms. The van der Waals surface area contributed by atoms with Crippen molar-refractivity contribution in [3.63, 3.8) is 0 Å². The van der Waals surface area contributed by atoms with E-state index in [2.05, 4.69) is 20.4 Å². The first-order valence-corrected chi connectivity index (χ1v) is 11.1. The Labute approximate surface area is 183 Å². The van der Waals surface area contributed by atoms with Gasteiger partial charge in [0.25, 0.3) is 0 Å². The first-order chi connectivity index (χ1) is 15.1. The fourth-order valence-electron chi connectivity index (χ4n) is 3.52. The number of benzene rings is 2. The van der Waals surface area contributed by atoms with Crippen LogP contribution in [0.15, 0.2) is 53.7 Å². The predicted molar refractivity (Wildman–Crippen MR) is 116 cm³/mol. The van der Waals surface area contributed by atoms with E-state index in [9.17, 15) is 13.6 Å². The van der Waals surface area contributed by atoms with Crippen molar-refractivity contribution in [3.8, 4) is 0 Å². The molecular weight excluding hydrogens is 420 g/mol. The molecule has 6 nitrogen and oxygen atoms in total. The molecule has 2 aromatic carbocycles. The van der Waals surface area contributed by atoms with Gasteiger partial charge in [-0.15, -0.1) is 10.2 Å². The smallest absolute Gasteiger partial charge is 0.234 e. The Hall–Kier alpha value is -2.78. The molecule has 1 N–H and O–H groups in total. The van der Waals surface area contributed by atoms with Gasteiger partial charge in [0.05, 0.1) is 24.5 Å². The molecule has 1 aromatic heterocycles. The SMILES string of the molecule is O=C(CSc1nnc(CN2CCCC2)n1Cc1ccccc1)Nc1cc(F)ccc1F. The van der Waals surface area contributed by atoms with Gasteiger partial charge in [0, 0.05) is 6.07 Å². The van der Waals surface area contributed by atoms with Gasteiger partial charge >= 0.3 is 0 Å². The van der Waals surface area contributed by atoms with Crippen LogP contribution in [0.25, 0.3) is 0 Å². The lowest BCUT2D eigenvalue weighted by molar-refractivity contribution is -0.113. The van der Waals surface area contributed by atoms with Gasteiger partial charge in [0.15, 0.2) is 5.16 Å². The maximum Gasteiger partial charge on any atom is 0.234 e. The van der Waals surface area contributed by atoms with Crippen LogP contribution in [-0.2, 0) is 17.9 Å². The molecule has 1 aliphatic heterocycles. The summed E-state index contributed by atoms with van der Waals surface area (Å²) in [5.74, 6) is -0.875. The van der Waals surface area contributed by atoms with Crippen LogP contribution >= 0.6 is 11.8 Å². The Kier molecular flexibility index (Phi) is 6.93. The Morgan fingerprint density at radius 1 is 1.03 bits per heavy atom. The van der Waals surface area contributed by atoms with Crippen LogP contribution < -0.4 is 5.32 Å². The summed E-state index contributed by atoms with van der Waals surface area (Å²) in [5.41, 5.74) is 0.934. The van der Waals surface area contributed by atoms with Crippen LogP contribution in [0.5, 0.6) is 0 Å². The minimum atomic E-state index is -0.681. The first-order valence-electron chi connectivity index (χ1n) is 10.1. The van der Waals surface area contributed by atoms with E-state index < -0.39 is 17.5 Å². The molecule has 1 fully saturated rings. The number of halogens is 2. The second-order valence-corrected chi connectivity index (χ2v) is 8.36. The van der Waals surface area contributed by atoms with E-state index in [0.29, 0.717) is 18.2 Å². The number of likely N-dealkylation sites (tertiary alicyclic amines) is 1. The van der Waals surface area contributed by atoms with Gasteiger partial charge in [-0.2, -0.15) is 0 Å². The van der Waals surface area contributed by atoms with Crippen molar-refractivity contribution in [2.75, 3.05) is 24.2 Å². The fraction of sp³-hybridized carbons (Fsp3) is 0.318. The number of anilines is 1. The molecule has 31 heavy (non-hydrogen) atoms. The molecule has 0 radical (unpaired) electrons. The number of rotatable bonds is 8. The summed E-state index contributed by atoms with van der Waals surface area (Å²) in [7, 11) is 0. The lowest BCUT2D eigenvalue weighted by atomic mass is 10.2. The molecule has 3 aromatic rings. The normalized spacial score (nSPS) is 14.1. The van der Waals surface area contributed by atoms with E-state index >= 15 is 0 Å². The lowest BCUT2D eigenvalue weighted by Gasteiger charge is -2.16. The zero-order valence-electron chi connectivity index (χ0n) is 16.9. The molecule has 9 heteroatoms. The fourth-order valence-corrected chi connectivity index (χ4v) is 4.27. The van der Waals surface area contributed by atoms with Gasteiger partial charge in [-0.1, -0.05) is 42.1 Å². The molecular formula is C22H23F2N5OS. The van der Waals surface area contributed by atoms with Gasteiger partial charge in [-0.05, 0) is 43.6 Å². The van der Waals surface area contributed by atoms with E-state index in [0.717, 1.165) is 42.7 Å². The van der Waals surface area contributed by atoms with Crippen molar-refractivity contribution in [1.82, 2.24) is 19.7 Å². The van der Waals surface area contributed by atoms with Crippen LogP contribution in [0.2, 0.25) is 0 Å². The van der Waals surface area contributed by atoms with Crippen LogP contribution in [0, 0.1) is 11.6 Å². The second kappa shape index (κ2) is 10.0. The highest BCUT2D eigenvalue weighted by Crippen LogP contribution is 2.22. The average molecular weight is 444 g/mol. The number of thioether (sulfide) groups is 1.